The zero-order valence-corrected chi connectivity index (χ0v) is 13.2. The summed E-state index contributed by atoms with van der Waals surface area (Å²) in [7, 11) is 1.66. The molecular weight excluding hydrogens is 298 g/mol. The van der Waals surface area contributed by atoms with E-state index in [1.54, 1.807) is 17.9 Å². The molecule has 1 unspecified atom stereocenters. The average molecular weight is 317 g/mol. The van der Waals surface area contributed by atoms with Crippen molar-refractivity contribution in [3.63, 3.8) is 0 Å². The molecule has 1 aromatic carbocycles. The summed E-state index contributed by atoms with van der Waals surface area (Å²) in [5, 5.41) is 3.07. The Hall–Kier alpha value is -1.92. The first kappa shape index (κ1) is 15.0. The van der Waals surface area contributed by atoms with E-state index in [1.165, 1.54) is 0 Å². The average Bonchev–Trinajstić information content (AvgIpc) is 3.30. The molecule has 0 aliphatic heterocycles. The maximum atomic E-state index is 12.6. The number of methoxy groups -OCH3 is 1. The summed E-state index contributed by atoms with van der Waals surface area (Å²) in [6.07, 6.45) is 3.94. The summed E-state index contributed by atoms with van der Waals surface area (Å²) in [6.45, 7) is 0.535. The molecule has 1 amide bonds. The number of benzene rings is 1. The second kappa shape index (κ2) is 6.46. The van der Waals surface area contributed by atoms with Crippen LogP contribution in [0.2, 0.25) is 0 Å². The number of aromatic nitrogens is 2. The van der Waals surface area contributed by atoms with Crippen LogP contribution in [0.4, 0.5) is 0 Å². The number of para-hydroxylation sites is 1. The normalized spacial score (nSPS) is 15.5. The Balaban J connectivity index is 1.86. The van der Waals surface area contributed by atoms with Crippen molar-refractivity contribution in [1.29, 1.82) is 0 Å². The first-order valence-electron chi connectivity index (χ1n) is 7.36. The van der Waals surface area contributed by atoms with Gasteiger partial charge in [0, 0.05) is 19.0 Å². The molecule has 116 valence electrons. The molecular formula is C16H19N3O2S. The fourth-order valence-corrected chi connectivity index (χ4v) is 2.85. The fraction of sp³-hybridized carbons (Fsp3) is 0.375. The molecule has 3 rings (SSSR count). The van der Waals surface area contributed by atoms with Gasteiger partial charge < -0.3 is 15.0 Å². The van der Waals surface area contributed by atoms with Gasteiger partial charge in [0.1, 0.15) is 5.69 Å². The van der Waals surface area contributed by atoms with Crippen molar-refractivity contribution in [3.05, 3.63) is 47.0 Å². The molecule has 0 saturated heterocycles. The van der Waals surface area contributed by atoms with Gasteiger partial charge in [-0.15, -0.1) is 0 Å². The molecule has 1 saturated carbocycles. The van der Waals surface area contributed by atoms with E-state index in [0.717, 1.165) is 18.5 Å². The number of aromatic amines is 1. The second-order valence-electron chi connectivity index (χ2n) is 5.52. The Bertz CT molecular complexity index is 704. The molecule has 2 N–H and O–H groups in total. The first-order valence-corrected chi connectivity index (χ1v) is 7.77. The molecule has 1 atom stereocenters. The van der Waals surface area contributed by atoms with Crippen LogP contribution in [-0.4, -0.2) is 35.2 Å². The van der Waals surface area contributed by atoms with Crippen LogP contribution in [-0.2, 0) is 4.74 Å². The van der Waals surface area contributed by atoms with Gasteiger partial charge in [-0.2, -0.15) is 0 Å². The number of carbonyl (C=O) groups excluding carboxylic acids is 1. The van der Waals surface area contributed by atoms with Crippen LogP contribution in [0.3, 0.4) is 0 Å². The molecule has 22 heavy (non-hydrogen) atoms. The zero-order valence-electron chi connectivity index (χ0n) is 12.4. The SMILES string of the molecule is COCC(NC(=O)c1c[nH]c(=S)n1-c1ccccc1)C1CC1. The van der Waals surface area contributed by atoms with Crippen LogP contribution in [0.1, 0.15) is 23.3 Å². The van der Waals surface area contributed by atoms with E-state index >= 15 is 0 Å². The van der Waals surface area contributed by atoms with E-state index in [-0.39, 0.29) is 11.9 Å². The third-order valence-corrected chi connectivity index (χ3v) is 4.18. The summed E-state index contributed by atoms with van der Waals surface area (Å²) in [4.78, 5) is 15.6. The molecule has 1 heterocycles. The zero-order chi connectivity index (χ0) is 15.5. The van der Waals surface area contributed by atoms with Crippen LogP contribution < -0.4 is 5.32 Å². The number of carbonyl (C=O) groups is 1. The fourth-order valence-electron chi connectivity index (χ4n) is 2.59. The van der Waals surface area contributed by atoms with Gasteiger partial charge >= 0.3 is 0 Å². The number of rotatable bonds is 6. The van der Waals surface area contributed by atoms with E-state index in [0.29, 0.717) is 23.0 Å². The summed E-state index contributed by atoms with van der Waals surface area (Å²) < 4.78 is 7.47. The Kier molecular flexibility index (Phi) is 4.40. The smallest absolute Gasteiger partial charge is 0.270 e. The highest BCUT2D eigenvalue weighted by molar-refractivity contribution is 7.71. The number of nitrogens with zero attached hydrogens (tertiary/aromatic N) is 1. The van der Waals surface area contributed by atoms with Gasteiger partial charge in [0.25, 0.3) is 5.91 Å². The highest BCUT2D eigenvalue weighted by Gasteiger charge is 2.33. The predicted molar refractivity (Wildman–Crippen MR) is 86.8 cm³/mol. The Morgan fingerprint density at radius 3 is 2.82 bits per heavy atom. The molecule has 1 fully saturated rings. The summed E-state index contributed by atoms with van der Waals surface area (Å²) in [5.74, 6) is 0.390. The third kappa shape index (κ3) is 3.13. The van der Waals surface area contributed by atoms with Crippen molar-refractivity contribution < 1.29 is 9.53 Å². The Labute approximate surface area is 134 Å². The predicted octanol–water partition coefficient (Wildman–Crippen LogP) is 2.69. The molecule has 0 spiro atoms. The lowest BCUT2D eigenvalue weighted by atomic mass is 10.2. The number of ether oxygens (including phenoxy) is 1. The van der Waals surface area contributed by atoms with Crippen molar-refractivity contribution in [2.45, 2.75) is 18.9 Å². The minimum atomic E-state index is -0.134. The topological polar surface area (TPSA) is 59.0 Å². The van der Waals surface area contributed by atoms with E-state index < -0.39 is 0 Å². The number of hydrogen-bond acceptors (Lipinski definition) is 3. The lowest BCUT2D eigenvalue weighted by Crippen LogP contribution is -2.40. The van der Waals surface area contributed by atoms with Gasteiger partial charge in [-0.25, -0.2) is 0 Å². The first-order chi connectivity index (χ1) is 10.7. The Morgan fingerprint density at radius 1 is 1.45 bits per heavy atom. The lowest BCUT2D eigenvalue weighted by Gasteiger charge is -2.17. The summed E-state index contributed by atoms with van der Waals surface area (Å²) in [6, 6.07) is 9.68. The molecule has 0 radical (unpaired) electrons. The van der Waals surface area contributed by atoms with Gasteiger partial charge in [-0.3, -0.25) is 9.36 Å². The van der Waals surface area contributed by atoms with Crippen LogP contribution in [0.5, 0.6) is 0 Å². The molecule has 5 nitrogen and oxygen atoms in total. The highest BCUT2D eigenvalue weighted by Crippen LogP contribution is 2.32. The number of nitrogens with one attached hydrogen (secondary N) is 2. The van der Waals surface area contributed by atoms with Crippen LogP contribution in [0, 0.1) is 10.7 Å². The molecule has 1 aromatic heterocycles. The maximum Gasteiger partial charge on any atom is 0.270 e. The highest BCUT2D eigenvalue weighted by atomic mass is 32.1. The van der Waals surface area contributed by atoms with Crippen LogP contribution in [0.15, 0.2) is 36.5 Å². The van der Waals surface area contributed by atoms with Gasteiger partial charge in [0.05, 0.1) is 12.6 Å². The standard InChI is InChI=1S/C16H19N3O2S/c1-21-10-13(11-7-8-11)18-15(20)14-9-17-16(22)19(14)12-5-3-2-4-6-12/h2-6,9,11,13H,7-8,10H2,1H3,(H,17,22)(H,18,20). The van der Waals surface area contributed by atoms with Crippen molar-refractivity contribution in [2.24, 2.45) is 5.92 Å². The molecule has 6 heteroatoms. The van der Waals surface area contributed by atoms with E-state index in [9.17, 15) is 4.79 Å². The number of amides is 1. The monoisotopic (exact) mass is 317 g/mol. The molecule has 2 aromatic rings. The van der Waals surface area contributed by atoms with Crippen molar-refractivity contribution in [1.82, 2.24) is 14.9 Å². The molecule has 1 aliphatic rings. The molecule has 1 aliphatic carbocycles. The quantitative estimate of drug-likeness (QED) is 0.805. The number of H-pyrrole nitrogens is 1. The largest absolute Gasteiger partial charge is 0.383 e. The minimum Gasteiger partial charge on any atom is -0.383 e. The van der Waals surface area contributed by atoms with E-state index in [2.05, 4.69) is 10.3 Å². The maximum absolute atomic E-state index is 12.6. The van der Waals surface area contributed by atoms with Crippen LogP contribution >= 0.6 is 12.2 Å². The summed E-state index contributed by atoms with van der Waals surface area (Å²) in [5.41, 5.74) is 1.38. The van der Waals surface area contributed by atoms with Gasteiger partial charge in [-0.05, 0) is 43.1 Å². The number of hydrogen-bond donors (Lipinski definition) is 2. The second-order valence-corrected chi connectivity index (χ2v) is 5.91. The molecule has 0 bridgehead atoms. The minimum absolute atomic E-state index is 0.0604. The van der Waals surface area contributed by atoms with Crippen molar-refractivity contribution >= 4 is 18.1 Å². The van der Waals surface area contributed by atoms with Gasteiger partial charge in [0.15, 0.2) is 4.77 Å². The van der Waals surface area contributed by atoms with E-state index in [1.807, 2.05) is 30.3 Å². The third-order valence-electron chi connectivity index (χ3n) is 3.88. The van der Waals surface area contributed by atoms with Gasteiger partial charge in [-0.1, -0.05) is 18.2 Å². The van der Waals surface area contributed by atoms with E-state index in [4.69, 9.17) is 17.0 Å². The summed E-state index contributed by atoms with van der Waals surface area (Å²) >= 11 is 5.31. The van der Waals surface area contributed by atoms with Crippen molar-refractivity contribution in [2.75, 3.05) is 13.7 Å². The van der Waals surface area contributed by atoms with Gasteiger partial charge in [0.2, 0.25) is 0 Å². The van der Waals surface area contributed by atoms with Crippen LogP contribution in [0.25, 0.3) is 5.69 Å². The Morgan fingerprint density at radius 2 is 2.18 bits per heavy atom. The van der Waals surface area contributed by atoms with Crippen molar-refractivity contribution in [3.8, 4) is 5.69 Å². The lowest BCUT2D eigenvalue weighted by molar-refractivity contribution is 0.0877. The number of imidazole rings is 1.